The maximum atomic E-state index is 12.4. The maximum Gasteiger partial charge on any atom is 0.251 e. The molecule has 2 aromatic carbocycles. The molecule has 1 unspecified atom stereocenters. The summed E-state index contributed by atoms with van der Waals surface area (Å²) < 4.78 is 0. The minimum absolute atomic E-state index is 0.116. The zero-order chi connectivity index (χ0) is 17.5. The summed E-state index contributed by atoms with van der Waals surface area (Å²) >= 11 is 0. The zero-order valence-corrected chi connectivity index (χ0v) is 14.3. The predicted molar refractivity (Wildman–Crippen MR) is 98.2 cm³/mol. The highest BCUT2D eigenvalue weighted by Gasteiger charge is 2.23. The van der Waals surface area contributed by atoms with Crippen LogP contribution in [0.3, 0.4) is 0 Å². The van der Waals surface area contributed by atoms with Crippen LogP contribution in [0.2, 0.25) is 0 Å². The summed E-state index contributed by atoms with van der Waals surface area (Å²) in [6.07, 6.45) is 3.38. The Morgan fingerprint density at radius 1 is 1.12 bits per heavy atom. The number of carbonyl (C=O) groups is 1. The first-order chi connectivity index (χ1) is 12.3. The maximum absolute atomic E-state index is 12.4. The Labute approximate surface area is 149 Å². The van der Waals surface area contributed by atoms with Crippen LogP contribution in [-0.2, 0) is 6.42 Å². The van der Waals surface area contributed by atoms with Crippen molar-refractivity contribution in [3.8, 4) is 6.07 Å². The van der Waals surface area contributed by atoms with Crippen LogP contribution in [-0.4, -0.2) is 36.5 Å². The molecule has 1 heterocycles. The van der Waals surface area contributed by atoms with E-state index in [0.717, 1.165) is 19.5 Å². The minimum Gasteiger partial charge on any atom is -0.350 e. The van der Waals surface area contributed by atoms with E-state index >= 15 is 0 Å². The molecule has 4 heteroatoms. The normalized spacial score (nSPS) is 15.5. The topological polar surface area (TPSA) is 56.1 Å². The van der Waals surface area contributed by atoms with E-state index in [0.29, 0.717) is 23.7 Å². The highest BCUT2D eigenvalue weighted by atomic mass is 16.1. The molecular formula is C21H23N3O. The molecule has 3 rings (SSSR count). The van der Waals surface area contributed by atoms with Gasteiger partial charge in [0, 0.05) is 18.2 Å². The number of nitriles is 1. The van der Waals surface area contributed by atoms with Gasteiger partial charge in [0.1, 0.15) is 0 Å². The van der Waals surface area contributed by atoms with E-state index in [1.165, 1.54) is 18.4 Å². The first-order valence-electron chi connectivity index (χ1n) is 8.82. The summed E-state index contributed by atoms with van der Waals surface area (Å²) in [5, 5.41) is 12.0. The summed E-state index contributed by atoms with van der Waals surface area (Å²) in [7, 11) is 0. The van der Waals surface area contributed by atoms with Crippen molar-refractivity contribution in [2.75, 3.05) is 19.6 Å². The lowest BCUT2D eigenvalue weighted by atomic mass is 10.0. The van der Waals surface area contributed by atoms with E-state index in [4.69, 9.17) is 5.26 Å². The van der Waals surface area contributed by atoms with Gasteiger partial charge in [-0.15, -0.1) is 0 Å². The summed E-state index contributed by atoms with van der Waals surface area (Å²) in [6.45, 7) is 2.80. The van der Waals surface area contributed by atoms with Gasteiger partial charge in [-0.25, -0.2) is 0 Å². The molecule has 25 heavy (non-hydrogen) atoms. The molecule has 1 fully saturated rings. The summed E-state index contributed by atoms with van der Waals surface area (Å²) in [4.78, 5) is 14.9. The van der Waals surface area contributed by atoms with Crippen LogP contribution in [0.15, 0.2) is 54.6 Å². The molecule has 1 saturated heterocycles. The second-order valence-corrected chi connectivity index (χ2v) is 6.49. The number of rotatable bonds is 6. The van der Waals surface area contributed by atoms with Crippen molar-refractivity contribution in [1.29, 1.82) is 5.26 Å². The van der Waals surface area contributed by atoms with Gasteiger partial charge in [0.2, 0.25) is 0 Å². The Morgan fingerprint density at radius 2 is 1.88 bits per heavy atom. The van der Waals surface area contributed by atoms with E-state index in [1.54, 1.807) is 24.3 Å². The lowest BCUT2D eigenvalue weighted by molar-refractivity contribution is 0.0937. The van der Waals surface area contributed by atoms with Crippen molar-refractivity contribution in [1.82, 2.24) is 10.2 Å². The van der Waals surface area contributed by atoms with Crippen molar-refractivity contribution in [3.05, 3.63) is 71.3 Å². The molecule has 0 aliphatic carbocycles. The van der Waals surface area contributed by atoms with E-state index in [9.17, 15) is 4.79 Å². The molecule has 2 aromatic rings. The summed E-state index contributed by atoms with van der Waals surface area (Å²) in [5.41, 5.74) is 2.34. The molecule has 0 spiro atoms. The highest BCUT2D eigenvalue weighted by Crippen LogP contribution is 2.16. The van der Waals surface area contributed by atoms with Crippen LogP contribution in [0.4, 0.5) is 0 Å². The van der Waals surface area contributed by atoms with E-state index in [2.05, 4.69) is 40.6 Å². The molecule has 1 aliphatic rings. The molecule has 0 bridgehead atoms. The molecule has 128 valence electrons. The zero-order valence-electron chi connectivity index (χ0n) is 14.3. The first-order valence-corrected chi connectivity index (χ1v) is 8.82. The quantitative estimate of drug-likeness (QED) is 0.884. The first kappa shape index (κ1) is 17.2. The van der Waals surface area contributed by atoms with E-state index in [-0.39, 0.29) is 5.91 Å². The molecular weight excluding hydrogens is 310 g/mol. The Balaban J connectivity index is 1.65. The summed E-state index contributed by atoms with van der Waals surface area (Å²) in [6, 6.07) is 19.6. The number of nitrogens with zero attached hydrogens (tertiary/aromatic N) is 2. The fraction of sp³-hybridized carbons (Fsp3) is 0.333. The third-order valence-corrected chi connectivity index (χ3v) is 4.72. The smallest absolute Gasteiger partial charge is 0.251 e. The highest BCUT2D eigenvalue weighted by molar-refractivity contribution is 5.94. The second kappa shape index (κ2) is 8.46. The second-order valence-electron chi connectivity index (χ2n) is 6.49. The number of amides is 1. The van der Waals surface area contributed by atoms with Crippen molar-refractivity contribution in [2.24, 2.45) is 0 Å². The Kier molecular flexibility index (Phi) is 5.81. The van der Waals surface area contributed by atoms with Crippen molar-refractivity contribution < 1.29 is 4.79 Å². The molecule has 1 aliphatic heterocycles. The fourth-order valence-corrected chi connectivity index (χ4v) is 3.37. The Morgan fingerprint density at radius 3 is 2.60 bits per heavy atom. The van der Waals surface area contributed by atoms with Crippen LogP contribution in [0.5, 0.6) is 0 Å². The van der Waals surface area contributed by atoms with Gasteiger partial charge in [-0.1, -0.05) is 36.4 Å². The fourth-order valence-electron chi connectivity index (χ4n) is 3.37. The number of carbonyl (C=O) groups excluding carboxylic acids is 1. The van der Waals surface area contributed by atoms with Gasteiger partial charge < -0.3 is 5.32 Å². The molecule has 1 amide bonds. The van der Waals surface area contributed by atoms with Crippen LogP contribution in [0.25, 0.3) is 0 Å². The monoisotopic (exact) mass is 333 g/mol. The molecule has 4 nitrogen and oxygen atoms in total. The van der Waals surface area contributed by atoms with Crippen molar-refractivity contribution in [2.45, 2.75) is 25.3 Å². The average molecular weight is 333 g/mol. The molecule has 0 saturated carbocycles. The lowest BCUT2D eigenvalue weighted by Crippen LogP contribution is -2.44. The Hall–Kier alpha value is -2.64. The number of likely N-dealkylation sites (tertiary alicyclic amines) is 1. The van der Waals surface area contributed by atoms with E-state index in [1.807, 2.05) is 6.07 Å². The third-order valence-electron chi connectivity index (χ3n) is 4.72. The number of hydrogen-bond acceptors (Lipinski definition) is 3. The van der Waals surface area contributed by atoms with Gasteiger partial charge in [-0.2, -0.15) is 5.26 Å². The average Bonchev–Trinajstić information content (AvgIpc) is 3.20. The standard InChI is InChI=1S/C21H23N3O/c22-15-18-9-6-10-19(13-18)21(25)23-16-20(24-11-4-5-12-24)14-17-7-2-1-3-8-17/h1-3,6-10,13,20H,4-5,11-12,14,16H2,(H,23,25). The molecule has 0 radical (unpaired) electrons. The Bertz CT molecular complexity index is 745. The van der Waals surface area contributed by atoms with Crippen LogP contribution < -0.4 is 5.32 Å². The largest absolute Gasteiger partial charge is 0.350 e. The minimum atomic E-state index is -0.116. The predicted octanol–water partition coefficient (Wildman–Crippen LogP) is 3.00. The van der Waals surface area contributed by atoms with Gasteiger partial charge in [0.05, 0.1) is 11.6 Å². The number of hydrogen-bond donors (Lipinski definition) is 1. The lowest BCUT2D eigenvalue weighted by Gasteiger charge is -2.28. The van der Waals surface area contributed by atoms with Gasteiger partial charge in [0.25, 0.3) is 5.91 Å². The third kappa shape index (κ3) is 4.68. The van der Waals surface area contributed by atoms with Crippen LogP contribution >= 0.6 is 0 Å². The van der Waals surface area contributed by atoms with E-state index < -0.39 is 0 Å². The summed E-state index contributed by atoms with van der Waals surface area (Å²) in [5.74, 6) is -0.116. The van der Waals surface area contributed by atoms with Crippen LogP contribution in [0.1, 0.15) is 34.3 Å². The molecule has 1 N–H and O–H groups in total. The van der Waals surface area contributed by atoms with Gasteiger partial charge in [0.15, 0.2) is 0 Å². The van der Waals surface area contributed by atoms with Crippen molar-refractivity contribution >= 4 is 5.91 Å². The van der Waals surface area contributed by atoms with Gasteiger partial charge in [-0.3, -0.25) is 9.69 Å². The van der Waals surface area contributed by atoms with Crippen molar-refractivity contribution in [3.63, 3.8) is 0 Å². The van der Waals surface area contributed by atoms with Gasteiger partial charge >= 0.3 is 0 Å². The SMILES string of the molecule is N#Cc1cccc(C(=O)NCC(Cc2ccccc2)N2CCCC2)c1. The molecule has 0 aromatic heterocycles. The number of benzene rings is 2. The van der Waals surface area contributed by atoms with Crippen LogP contribution in [0, 0.1) is 11.3 Å². The molecule has 1 atom stereocenters. The van der Waals surface area contributed by atoms with Gasteiger partial charge in [-0.05, 0) is 56.1 Å². The number of nitrogens with one attached hydrogen (secondary N) is 1.